The highest BCUT2D eigenvalue weighted by atomic mass is 32.2. The summed E-state index contributed by atoms with van der Waals surface area (Å²) in [6.45, 7) is 6.56. The Bertz CT molecular complexity index is 435. The summed E-state index contributed by atoms with van der Waals surface area (Å²) in [5.41, 5.74) is 0. The second-order valence-corrected chi connectivity index (χ2v) is 7.54. The van der Waals surface area contributed by atoms with Crippen LogP contribution in [0, 0.1) is 0 Å². The molecule has 2 N–H and O–H groups in total. The van der Waals surface area contributed by atoms with Crippen molar-refractivity contribution in [1.82, 2.24) is 20.5 Å². The van der Waals surface area contributed by atoms with Gasteiger partial charge in [0.05, 0.1) is 0 Å². The summed E-state index contributed by atoms with van der Waals surface area (Å²) in [6.07, 6.45) is 5.58. The summed E-state index contributed by atoms with van der Waals surface area (Å²) in [6, 6.07) is 0.656. The van der Waals surface area contributed by atoms with Gasteiger partial charge in [-0.15, -0.1) is 11.3 Å². The maximum atomic E-state index is 4.31. The number of likely N-dealkylation sites (N-methyl/N-ethyl adjacent to an activating group) is 1. The lowest BCUT2D eigenvalue weighted by Gasteiger charge is -2.23. The third-order valence-electron chi connectivity index (χ3n) is 3.88. The number of thioether (sulfide) groups is 1. The van der Waals surface area contributed by atoms with E-state index in [-0.39, 0.29) is 0 Å². The molecule has 0 saturated carbocycles. The summed E-state index contributed by atoms with van der Waals surface area (Å²) in [5.74, 6) is 2.01. The zero-order valence-electron chi connectivity index (χ0n) is 13.5. The molecule has 2 heterocycles. The van der Waals surface area contributed by atoms with Gasteiger partial charge in [-0.05, 0) is 32.4 Å². The molecule has 1 unspecified atom stereocenters. The molecule has 124 valence electrons. The van der Waals surface area contributed by atoms with Crippen LogP contribution < -0.4 is 10.6 Å². The van der Waals surface area contributed by atoms with E-state index in [1.807, 2.05) is 30.4 Å². The van der Waals surface area contributed by atoms with Gasteiger partial charge in [0.15, 0.2) is 5.96 Å². The monoisotopic (exact) mass is 341 g/mol. The summed E-state index contributed by atoms with van der Waals surface area (Å²) in [5, 5.41) is 8.88. The first-order valence-corrected chi connectivity index (χ1v) is 9.91. The Hall–Kier alpha value is -0.790. The molecule has 1 aliphatic rings. The molecule has 0 amide bonds. The molecule has 7 heteroatoms. The van der Waals surface area contributed by atoms with Crippen LogP contribution in [0.1, 0.15) is 26.2 Å². The van der Waals surface area contributed by atoms with Crippen molar-refractivity contribution in [1.29, 1.82) is 0 Å². The zero-order valence-corrected chi connectivity index (χ0v) is 15.2. The molecular formula is C15H27N5S2. The average molecular weight is 342 g/mol. The maximum Gasteiger partial charge on any atom is 0.191 e. The van der Waals surface area contributed by atoms with Crippen molar-refractivity contribution >= 4 is 29.1 Å². The summed E-state index contributed by atoms with van der Waals surface area (Å²) < 4.78 is 1.16. The van der Waals surface area contributed by atoms with E-state index >= 15 is 0 Å². The number of rotatable bonds is 8. The first kappa shape index (κ1) is 17.6. The van der Waals surface area contributed by atoms with Crippen LogP contribution in [0.4, 0.5) is 0 Å². The van der Waals surface area contributed by atoms with E-state index in [1.165, 1.54) is 19.4 Å². The van der Waals surface area contributed by atoms with Gasteiger partial charge in [-0.3, -0.25) is 9.89 Å². The van der Waals surface area contributed by atoms with Gasteiger partial charge in [-0.1, -0.05) is 18.7 Å². The largest absolute Gasteiger partial charge is 0.356 e. The number of aromatic nitrogens is 1. The van der Waals surface area contributed by atoms with Gasteiger partial charge in [0.1, 0.15) is 4.34 Å². The summed E-state index contributed by atoms with van der Waals surface area (Å²) in [4.78, 5) is 11.1. The molecule has 0 aliphatic carbocycles. The minimum Gasteiger partial charge on any atom is -0.356 e. The molecule has 1 aromatic heterocycles. The van der Waals surface area contributed by atoms with Crippen molar-refractivity contribution in [2.45, 2.75) is 36.6 Å². The fourth-order valence-electron chi connectivity index (χ4n) is 2.70. The molecule has 1 atom stereocenters. The SMILES string of the molecule is CCN1CCCC1CNC(=NC)NCCCSc1nccs1. The van der Waals surface area contributed by atoms with Crippen LogP contribution in [-0.4, -0.2) is 60.9 Å². The van der Waals surface area contributed by atoms with Crippen LogP contribution in [-0.2, 0) is 0 Å². The van der Waals surface area contributed by atoms with Gasteiger partial charge in [-0.2, -0.15) is 0 Å². The van der Waals surface area contributed by atoms with Crippen molar-refractivity contribution in [2.24, 2.45) is 4.99 Å². The quantitative estimate of drug-likeness (QED) is 0.329. The topological polar surface area (TPSA) is 52.5 Å². The van der Waals surface area contributed by atoms with Crippen molar-refractivity contribution in [2.75, 3.05) is 39.0 Å². The van der Waals surface area contributed by atoms with Gasteiger partial charge in [0, 0.05) is 43.5 Å². The van der Waals surface area contributed by atoms with Gasteiger partial charge in [0.2, 0.25) is 0 Å². The normalized spacial score (nSPS) is 19.5. The molecule has 1 saturated heterocycles. The van der Waals surface area contributed by atoms with E-state index in [0.29, 0.717) is 6.04 Å². The van der Waals surface area contributed by atoms with Crippen molar-refractivity contribution in [3.63, 3.8) is 0 Å². The predicted octanol–water partition coefficient (Wildman–Crippen LogP) is 2.27. The summed E-state index contributed by atoms with van der Waals surface area (Å²) >= 11 is 3.53. The Labute approximate surface area is 142 Å². The number of hydrogen-bond acceptors (Lipinski definition) is 5. The molecule has 0 radical (unpaired) electrons. The van der Waals surface area contributed by atoms with Crippen LogP contribution in [0.2, 0.25) is 0 Å². The number of thiazole rings is 1. The second kappa shape index (κ2) is 10.1. The minimum absolute atomic E-state index is 0.656. The van der Waals surface area contributed by atoms with Gasteiger partial charge in [-0.25, -0.2) is 4.98 Å². The number of likely N-dealkylation sites (tertiary alicyclic amines) is 1. The van der Waals surface area contributed by atoms with E-state index in [2.05, 4.69) is 32.4 Å². The number of nitrogens with one attached hydrogen (secondary N) is 2. The lowest BCUT2D eigenvalue weighted by atomic mass is 10.2. The Morgan fingerprint density at radius 2 is 2.45 bits per heavy atom. The highest BCUT2D eigenvalue weighted by Gasteiger charge is 2.22. The van der Waals surface area contributed by atoms with E-state index in [0.717, 1.165) is 42.1 Å². The predicted molar refractivity (Wildman–Crippen MR) is 97.1 cm³/mol. The fourth-order valence-corrected chi connectivity index (χ4v) is 4.35. The molecule has 1 aliphatic heterocycles. The Morgan fingerprint density at radius 1 is 1.55 bits per heavy atom. The van der Waals surface area contributed by atoms with Crippen LogP contribution in [0.25, 0.3) is 0 Å². The highest BCUT2D eigenvalue weighted by Crippen LogP contribution is 2.20. The molecule has 0 aromatic carbocycles. The Morgan fingerprint density at radius 3 is 3.18 bits per heavy atom. The molecular weight excluding hydrogens is 314 g/mol. The smallest absolute Gasteiger partial charge is 0.191 e. The first-order valence-electron chi connectivity index (χ1n) is 8.04. The minimum atomic E-state index is 0.656. The maximum absolute atomic E-state index is 4.31. The Kier molecular flexibility index (Phi) is 8.04. The number of nitrogens with zero attached hydrogens (tertiary/aromatic N) is 3. The Balaban J connectivity index is 1.57. The van der Waals surface area contributed by atoms with Crippen molar-refractivity contribution in [3.8, 4) is 0 Å². The molecule has 22 heavy (non-hydrogen) atoms. The molecule has 1 fully saturated rings. The standard InChI is InChI=1S/C15H27N5S2/c1-3-20-9-4-6-13(20)12-19-14(16-2)17-7-5-10-21-15-18-8-11-22-15/h8,11,13H,3-7,9-10,12H2,1-2H3,(H2,16,17,19). The fraction of sp³-hybridized carbons (Fsp3) is 0.733. The molecule has 1 aromatic rings. The molecule has 0 spiro atoms. The molecule has 0 bridgehead atoms. The van der Waals surface area contributed by atoms with Crippen molar-refractivity contribution in [3.05, 3.63) is 11.6 Å². The average Bonchev–Trinajstić information content (AvgIpc) is 3.21. The second-order valence-electron chi connectivity index (χ2n) is 5.30. The van der Waals surface area contributed by atoms with Crippen LogP contribution >= 0.6 is 23.1 Å². The van der Waals surface area contributed by atoms with Gasteiger partial charge >= 0.3 is 0 Å². The van der Waals surface area contributed by atoms with Gasteiger partial charge in [0.25, 0.3) is 0 Å². The zero-order chi connectivity index (χ0) is 15.6. The van der Waals surface area contributed by atoms with Crippen LogP contribution in [0.3, 0.4) is 0 Å². The van der Waals surface area contributed by atoms with E-state index in [9.17, 15) is 0 Å². The van der Waals surface area contributed by atoms with Crippen LogP contribution in [0.15, 0.2) is 20.9 Å². The summed E-state index contributed by atoms with van der Waals surface area (Å²) in [7, 11) is 1.84. The molecule has 2 rings (SSSR count). The highest BCUT2D eigenvalue weighted by molar-refractivity contribution is 8.00. The third kappa shape index (κ3) is 5.78. The van der Waals surface area contributed by atoms with E-state index < -0.39 is 0 Å². The van der Waals surface area contributed by atoms with Gasteiger partial charge < -0.3 is 10.6 Å². The first-order chi connectivity index (χ1) is 10.8. The lowest BCUT2D eigenvalue weighted by molar-refractivity contribution is 0.267. The lowest BCUT2D eigenvalue weighted by Crippen LogP contribution is -2.45. The molecule has 5 nitrogen and oxygen atoms in total. The number of guanidine groups is 1. The van der Waals surface area contributed by atoms with E-state index in [1.54, 1.807) is 11.3 Å². The number of aliphatic imine (C=N–C) groups is 1. The van der Waals surface area contributed by atoms with Crippen LogP contribution in [0.5, 0.6) is 0 Å². The third-order valence-corrected chi connectivity index (χ3v) is 5.93. The van der Waals surface area contributed by atoms with E-state index in [4.69, 9.17) is 0 Å². The van der Waals surface area contributed by atoms with Crippen molar-refractivity contribution < 1.29 is 0 Å². The number of hydrogen-bond donors (Lipinski definition) is 2.